The Morgan fingerprint density at radius 3 is 2.45 bits per heavy atom. The number of hydrogen-bond donors (Lipinski definition) is 2. The van der Waals surface area contributed by atoms with Crippen LogP contribution in [0.4, 0.5) is 0 Å². The lowest BCUT2D eigenvalue weighted by Crippen LogP contribution is -2.43. The van der Waals surface area contributed by atoms with E-state index in [9.17, 15) is 0 Å². The summed E-state index contributed by atoms with van der Waals surface area (Å²) in [5.41, 5.74) is 1.25. The summed E-state index contributed by atoms with van der Waals surface area (Å²) in [5.74, 6) is 1.86. The number of hydrogen-bond acceptors (Lipinski definition) is 4. The predicted molar refractivity (Wildman–Crippen MR) is 132 cm³/mol. The lowest BCUT2D eigenvalue weighted by Gasteiger charge is -2.30. The van der Waals surface area contributed by atoms with Crippen molar-refractivity contribution in [3.8, 4) is 5.75 Å². The number of halogens is 1. The number of benzene rings is 1. The minimum Gasteiger partial charge on any atom is -0.496 e. The van der Waals surface area contributed by atoms with Crippen LogP contribution in [0, 0.1) is 0 Å². The summed E-state index contributed by atoms with van der Waals surface area (Å²) in [5, 5.41) is 7.03. The zero-order chi connectivity index (χ0) is 19.6. The van der Waals surface area contributed by atoms with Crippen molar-refractivity contribution in [3.05, 3.63) is 29.8 Å². The molecule has 29 heavy (non-hydrogen) atoms. The Hall–Kier alpha value is -1.06. The van der Waals surface area contributed by atoms with Gasteiger partial charge in [-0.05, 0) is 70.9 Å². The van der Waals surface area contributed by atoms with Crippen molar-refractivity contribution in [1.82, 2.24) is 20.4 Å². The molecule has 1 unspecified atom stereocenters. The molecule has 0 amide bonds. The van der Waals surface area contributed by atoms with Crippen molar-refractivity contribution in [2.75, 3.05) is 60.0 Å². The van der Waals surface area contributed by atoms with Gasteiger partial charge in [0.05, 0.1) is 13.2 Å². The van der Waals surface area contributed by atoms with Crippen LogP contribution in [0.3, 0.4) is 0 Å². The molecule has 0 saturated carbocycles. The van der Waals surface area contributed by atoms with Crippen LogP contribution >= 0.6 is 24.0 Å². The van der Waals surface area contributed by atoms with E-state index >= 15 is 0 Å². The number of aliphatic imine (C=N–C) groups is 1. The van der Waals surface area contributed by atoms with Crippen molar-refractivity contribution >= 4 is 29.9 Å². The molecular weight excluding hydrogens is 477 g/mol. The summed E-state index contributed by atoms with van der Waals surface area (Å²) in [7, 11) is 3.61. The highest BCUT2D eigenvalue weighted by atomic mass is 127. The second-order valence-electron chi connectivity index (χ2n) is 7.78. The fourth-order valence-corrected chi connectivity index (χ4v) is 4.36. The number of nitrogens with zero attached hydrogens (tertiary/aromatic N) is 3. The molecular formula is C22H38IN5O. The van der Waals surface area contributed by atoms with Gasteiger partial charge < -0.3 is 20.3 Å². The van der Waals surface area contributed by atoms with E-state index in [0.29, 0.717) is 6.04 Å². The molecule has 3 rings (SSSR count). The van der Waals surface area contributed by atoms with Gasteiger partial charge in [-0.25, -0.2) is 0 Å². The number of nitrogens with one attached hydrogen (secondary N) is 2. The first-order valence-corrected chi connectivity index (χ1v) is 10.9. The molecule has 1 atom stereocenters. The molecule has 7 heteroatoms. The number of likely N-dealkylation sites (tertiary alicyclic amines) is 2. The summed E-state index contributed by atoms with van der Waals surface area (Å²) in [6, 6.07) is 8.69. The molecule has 0 aliphatic carbocycles. The molecule has 2 aliphatic rings. The molecule has 1 aromatic rings. The fourth-order valence-electron chi connectivity index (χ4n) is 4.36. The summed E-state index contributed by atoms with van der Waals surface area (Å²) in [6.07, 6.45) is 6.42. The number of ether oxygens (including phenoxy) is 1. The van der Waals surface area contributed by atoms with Gasteiger partial charge in [-0.15, -0.1) is 24.0 Å². The van der Waals surface area contributed by atoms with Crippen molar-refractivity contribution in [3.63, 3.8) is 0 Å². The maximum Gasteiger partial charge on any atom is 0.191 e. The standard InChI is InChI=1S/C22H37N5O.HI/c1-23-22(24-12-9-15-26-13-5-6-14-26)25-18-20(27-16-7-8-17-27)19-10-3-4-11-21(19)28-2;/h3-4,10-11,20H,5-9,12-18H2,1-2H3,(H2,23,24,25);1H. The number of para-hydroxylation sites is 1. The first-order chi connectivity index (χ1) is 13.8. The number of methoxy groups -OCH3 is 1. The third kappa shape index (κ3) is 7.29. The SMILES string of the molecule is CN=C(NCCCN1CCCC1)NCC(c1ccccc1OC)N1CCCC1.I. The maximum atomic E-state index is 5.64. The van der Waals surface area contributed by atoms with E-state index in [4.69, 9.17) is 4.74 Å². The van der Waals surface area contributed by atoms with Crippen LogP contribution in [-0.2, 0) is 0 Å². The van der Waals surface area contributed by atoms with Crippen LogP contribution in [0.5, 0.6) is 5.75 Å². The average molecular weight is 515 g/mol. The second kappa shape index (κ2) is 13.3. The molecule has 2 heterocycles. The lowest BCUT2D eigenvalue weighted by atomic mass is 10.0. The van der Waals surface area contributed by atoms with Crippen LogP contribution in [0.25, 0.3) is 0 Å². The fraction of sp³-hybridized carbons (Fsp3) is 0.682. The minimum absolute atomic E-state index is 0. The third-order valence-electron chi connectivity index (χ3n) is 5.91. The van der Waals surface area contributed by atoms with Gasteiger partial charge in [-0.1, -0.05) is 18.2 Å². The lowest BCUT2D eigenvalue weighted by molar-refractivity contribution is 0.239. The largest absolute Gasteiger partial charge is 0.496 e. The smallest absolute Gasteiger partial charge is 0.191 e. The Morgan fingerprint density at radius 2 is 1.76 bits per heavy atom. The first-order valence-electron chi connectivity index (χ1n) is 10.9. The van der Waals surface area contributed by atoms with Gasteiger partial charge >= 0.3 is 0 Å². The molecule has 2 saturated heterocycles. The van der Waals surface area contributed by atoms with E-state index in [1.54, 1.807) is 7.11 Å². The molecule has 2 aliphatic heterocycles. The van der Waals surface area contributed by atoms with Crippen LogP contribution in [-0.4, -0.2) is 75.7 Å². The Balaban J connectivity index is 0.00000300. The van der Waals surface area contributed by atoms with Gasteiger partial charge in [-0.3, -0.25) is 9.89 Å². The van der Waals surface area contributed by atoms with Crippen LogP contribution < -0.4 is 15.4 Å². The molecule has 6 nitrogen and oxygen atoms in total. The molecule has 0 radical (unpaired) electrons. The summed E-state index contributed by atoms with van der Waals surface area (Å²) in [4.78, 5) is 9.54. The van der Waals surface area contributed by atoms with Crippen molar-refractivity contribution < 1.29 is 4.74 Å². The molecule has 0 aromatic heterocycles. The van der Waals surface area contributed by atoms with Gasteiger partial charge in [0.2, 0.25) is 0 Å². The maximum absolute atomic E-state index is 5.64. The number of rotatable bonds is 9. The van der Waals surface area contributed by atoms with E-state index in [2.05, 4.69) is 43.6 Å². The van der Waals surface area contributed by atoms with Gasteiger partial charge in [0, 0.05) is 25.7 Å². The highest BCUT2D eigenvalue weighted by molar-refractivity contribution is 14.0. The minimum atomic E-state index is 0. The predicted octanol–water partition coefficient (Wildman–Crippen LogP) is 3.10. The van der Waals surface area contributed by atoms with Crippen molar-refractivity contribution in [2.45, 2.75) is 38.1 Å². The summed E-state index contributed by atoms with van der Waals surface area (Å²) in [6.45, 7) is 7.79. The Kier molecular flexibility index (Phi) is 11.1. The third-order valence-corrected chi connectivity index (χ3v) is 5.91. The van der Waals surface area contributed by atoms with Gasteiger partial charge in [0.15, 0.2) is 5.96 Å². The zero-order valence-corrected chi connectivity index (χ0v) is 20.4. The average Bonchev–Trinajstić information content (AvgIpc) is 3.44. The number of guanidine groups is 1. The van der Waals surface area contributed by atoms with Crippen molar-refractivity contribution in [1.29, 1.82) is 0 Å². The monoisotopic (exact) mass is 515 g/mol. The second-order valence-corrected chi connectivity index (χ2v) is 7.78. The molecule has 1 aromatic carbocycles. The molecule has 2 fully saturated rings. The Labute approximate surface area is 193 Å². The molecule has 0 bridgehead atoms. The van der Waals surface area contributed by atoms with E-state index in [1.807, 2.05) is 13.1 Å². The van der Waals surface area contributed by atoms with Crippen LogP contribution in [0.15, 0.2) is 29.3 Å². The Bertz CT molecular complexity index is 615. The quantitative estimate of drug-likeness (QED) is 0.229. The normalized spacial score (nSPS) is 19.0. The molecule has 164 valence electrons. The van der Waals surface area contributed by atoms with Crippen molar-refractivity contribution in [2.24, 2.45) is 4.99 Å². The van der Waals surface area contributed by atoms with Crippen LogP contribution in [0.1, 0.15) is 43.7 Å². The first kappa shape index (κ1) is 24.2. The topological polar surface area (TPSA) is 52.1 Å². The zero-order valence-electron chi connectivity index (χ0n) is 18.0. The molecule has 2 N–H and O–H groups in total. The van der Waals surface area contributed by atoms with E-state index in [1.165, 1.54) is 50.9 Å². The molecule has 0 spiro atoms. The summed E-state index contributed by atoms with van der Waals surface area (Å²) < 4.78 is 5.64. The van der Waals surface area contributed by atoms with Crippen LogP contribution in [0.2, 0.25) is 0 Å². The summed E-state index contributed by atoms with van der Waals surface area (Å²) >= 11 is 0. The Morgan fingerprint density at radius 1 is 1.07 bits per heavy atom. The van der Waals surface area contributed by atoms with Gasteiger partial charge in [0.25, 0.3) is 0 Å². The van der Waals surface area contributed by atoms with Gasteiger partial charge in [0.1, 0.15) is 5.75 Å². The highest BCUT2D eigenvalue weighted by Gasteiger charge is 2.26. The van der Waals surface area contributed by atoms with E-state index in [-0.39, 0.29) is 24.0 Å². The van der Waals surface area contributed by atoms with Gasteiger partial charge in [-0.2, -0.15) is 0 Å². The highest BCUT2D eigenvalue weighted by Crippen LogP contribution is 2.31. The van der Waals surface area contributed by atoms with E-state index in [0.717, 1.165) is 44.3 Å². The van der Waals surface area contributed by atoms with E-state index < -0.39 is 0 Å².